The molecular weight excluding hydrogens is 416 g/mol. The molecule has 0 saturated heterocycles. The number of sulfonamides is 1. The van der Waals surface area contributed by atoms with E-state index in [1.54, 1.807) is 36.1 Å². The predicted octanol–water partition coefficient (Wildman–Crippen LogP) is 4.58. The smallest absolute Gasteiger partial charge is 0.262 e. The molecule has 7 nitrogen and oxygen atoms in total. The van der Waals surface area contributed by atoms with Crippen LogP contribution in [0.3, 0.4) is 0 Å². The summed E-state index contributed by atoms with van der Waals surface area (Å²) in [4.78, 5) is 14.9. The topological polar surface area (TPSA) is 84.9 Å². The number of benzene rings is 3. The molecule has 0 saturated carbocycles. The summed E-state index contributed by atoms with van der Waals surface area (Å²) in [5.74, 6) is 1.28. The van der Waals surface area contributed by atoms with Crippen LogP contribution < -0.4 is 19.1 Å². The van der Waals surface area contributed by atoms with Crippen molar-refractivity contribution in [1.82, 2.24) is 0 Å². The van der Waals surface area contributed by atoms with E-state index in [1.807, 2.05) is 25.1 Å². The predicted molar refractivity (Wildman–Crippen MR) is 119 cm³/mol. The molecule has 8 heteroatoms. The van der Waals surface area contributed by atoms with Crippen LogP contribution in [0.1, 0.15) is 22.8 Å². The molecule has 1 aliphatic heterocycles. The molecule has 1 amide bonds. The molecular formula is C23H22N2O5S. The maximum atomic E-state index is 13.2. The molecule has 0 aliphatic carbocycles. The van der Waals surface area contributed by atoms with Crippen molar-refractivity contribution < 1.29 is 22.7 Å². The lowest BCUT2D eigenvalue weighted by molar-refractivity contribution is 0.0988. The average molecular weight is 439 g/mol. The second kappa shape index (κ2) is 7.96. The largest absolute Gasteiger partial charge is 0.496 e. The number of para-hydroxylation sites is 2. The lowest BCUT2D eigenvalue weighted by Gasteiger charge is -2.20. The Morgan fingerprint density at radius 1 is 1.03 bits per heavy atom. The third kappa shape index (κ3) is 3.82. The van der Waals surface area contributed by atoms with Crippen molar-refractivity contribution in [2.75, 3.05) is 23.3 Å². The van der Waals surface area contributed by atoms with Gasteiger partial charge in [0, 0.05) is 12.2 Å². The SMILES string of the molecule is CCN1C(=O)c2cc(NS(=O)(=O)c3ccc(OC)c(C)c3)ccc2Oc2ccccc21. The van der Waals surface area contributed by atoms with E-state index in [4.69, 9.17) is 9.47 Å². The second-order valence-electron chi connectivity index (χ2n) is 7.07. The molecule has 3 aromatic carbocycles. The van der Waals surface area contributed by atoms with Crippen LogP contribution in [-0.2, 0) is 10.0 Å². The lowest BCUT2D eigenvalue weighted by Crippen LogP contribution is -2.29. The van der Waals surface area contributed by atoms with Gasteiger partial charge in [0.05, 0.1) is 23.3 Å². The maximum absolute atomic E-state index is 13.2. The quantitative estimate of drug-likeness (QED) is 0.630. The summed E-state index contributed by atoms with van der Waals surface area (Å²) >= 11 is 0. The Labute approximate surface area is 181 Å². The maximum Gasteiger partial charge on any atom is 0.262 e. The van der Waals surface area contributed by atoms with Crippen molar-refractivity contribution in [2.24, 2.45) is 0 Å². The van der Waals surface area contributed by atoms with Gasteiger partial charge in [-0.2, -0.15) is 0 Å². The normalized spacial score (nSPS) is 13.0. The summed E-state index contributed by atoms with van der Waals surface area (Å²) in [7, 11) is -2.33. The molecule has 0 fully saturated rings. The second-order valence-corrected chi connectivity index (χ2v) is 8.75. The highest BCUT2D eigenvalue weighted by atomic mass is 32.2. The first-order valence-electron chi connectivity index (χ1n) is 9.74. The van der Waals surface area contributed by atoms with Gasteiger partial charge in [-0.3, -0.25) is 9.52 Å². The van der Waals surface area contributed by atoms with E-state index in [-0.39, 0.29) is 22.1 Å². The minimum atomic E-state index is -3.86. The van der Waals surface area contributed by atoms with Crippen molar-refractivity contribution in [3.05, 3.63) is 71.8 Å². The zero-order chi connectivity index (χ0) is 22.2. The van der Waals surface area contributed by atoms with Gasteiger partial charge >= 0.3 is 0 Å². The number of hydrogen-bond acceptors (Lipinski definition) is 5. The van der Waals surface area contributed by atoms with E-state index in [1.165, 1.54) is 25.3 Å². The van der Waals surface area contributed by atoms with Gasteiger partial charge in [-0.1, -0.05) is 12.1 Å². The first kappa shape index (κ1) is 20.7. The molecule has 4 rings (SSSR count). The Hall–Kier alpha value is -3.52. The van der Waals surface area contributed by atoms with Crippen molar-refractivity contribution >= 4 is 27.3 Å². The first-order valence-corrected chi connectivity index (χ1v) is 11.2. The zero-order valence-electron chi connectivity index (χ0n) is 17.4. The van der Waals surface area contributed by atoms with E-state index in [9.17, 15) is 13.2 Å². The summed E-state index contributed by atoms with van der Waals surface area (Å²) in [6, 6.07) is 16.6. The van der Waals surface area contributed by atoms with Gasteiger partial charge in [-0.25, -0.2) is 8.42 Å². The molecule has 1 N–H and O–H groups in total. The number of ether oxygens (including phenoxy) is 2. The van der Waals surface area contributed by atoms with E-state index < -0.39 is 10.0 Å². The number of aryl methyl sites for hydroxylation is 1. The number of nitrogens with one attached hydrogen (secondary N) is 1. The summed E-state index contributed by atoms with van der Waals surface area (Å²) in [6.45, 7) is 4.09. The third-order valence-electron chi connectivity index (χ3n) is 5.08. The molecule has 3 aromatic rings. The fraction of sp³-hybridized carbons (Fsp3) is 0.174. The monoisotopic (exact) mass is 438 g/mol. The summed E-state index contributed by atoms with van der Waals surface area (Å²) in [5.41, 5.74) is 1.92. The van der Waals surface area contributed by atoms with Crippen molar-refractivity contribution in [1.29, 1.82) is 0 Å². The van der Waals surface area contributed by atoms with Crippen molar-refractivity contribution in [2.45, 2.75) is 18.7 Å². The average Bonchev–Trinajstić information content (AvgIpc) is 2.87. The van der Waals surface area contributed by atoms with Crippen LogP contribution in [0.15, 0.2) is 65.6 Å². The van der Waals surface area contributed by atoms with E-state index in [0.29, 0.717) is 35.0 Å². The van der Waals surface area contributed by atoms with Gasteiger partial charge in [0.25, 0.3) is 15.9 Å². The number of nitrogens with zero attached hydrogens (tertiary/aromatic N) is 1. The number of hydrogen-bond donors (Lipinski definition) is 1. The Morgan fingerprint density at radius 2 is 1.81 bits per heavy atom. The van der Waals surface area contributed by atoms with Crippen LogP contribution in [0.2, 0.25) is 0 Å². The van der Waals surface area contributed by atoms with Gasteiger partial charge in [0.2, 0.25) is 0 Å². The third-order valence-corrected chi connectivity index (χ3v) is 6.46. The van der Waals surface area contributed by atoms with Gasteiger partial charge in [-0.15, -0.1) is 0 Å². The van der Waals surface area contributed by atoms with E-state index in [2.05, 4.69) is 4.72 Å². The van der Waals surface area contributed by atoms with Crippen LogP contribution in [-0.4, -0.2) is 28.0 Å². The number of amides is 1. The van der Waals surface area contributed by atoms with E-state index in [0.717, 1.165) is 0 Å². The standard InChI is InChI=1S/C23H22N2O5S/c1-4-25-19-7-5-6-8-22(19)30-21-11-9-16(14-18(21)23(25)26)24-31(27,28)17-10-12-20(29-3)15(2)13-17/h5-14,24H,4H2,1-3H3. The number of fused-ring (bicyclic) bond motifs is 2. The van der Waals surface area contributed by atoms with Crippen molar-refractivity contribution in [3.8, 4) is 17.2 Å². The number of rotatable bonds is 5. The number of carbonyl (C=O) groups is 1. The van der Waals surface area contributed by atoms with Gasteiger partial charge in [-0.05, 0) is 67.9 Å². The molecule has 31 heavy (non-hydrogen) atoms. The fourth-order valence-corrected chi connectivity index (χ4v) is 4.67. The molecule has 160 valence electrons. The van der Waals surface area contributed by atoms with Gasteiger partial charge in [0.1, 0.15) is 11.5 Å². The number of anilines is 2. The van der Waals surface area contributed by atoms with Crippen LogP contribution >= 0.6 is 0 Å². The molecule has 0 spiro atoms. The van der Waals surface area contributed by atoms with Crippen LogP contribution in [0.4, 0.5) is 11.4 Å². The Balaban J connectivity index is 1.70. The Kier molecular flexibility index (Phi) is 5.32. The molecule has 0 aromatic heterocycles. The fourth-order valence-electron chi connectivity index (χ4n) is 3.54. The van der Waals surface area contributed by atoms with Gasteiger partial charge in [0.15, 0.2) is 5.75 Å². The van der Waals surface area contributed by atoms with Crippen LogP contribution in [0, 0.1) is 6.92 Å². The first-order chi connectivity index (χ1) is 14.8. The molecule has 0 bridgehead atoms. The summed E-state index contributed by atoms with van der Waals surface area (Å²) in [6.07, 6.45) is 0. The lowest BCUT2D eigenvalue weighted by atomic mass is 10.1. The molecule has 0 atom stereocenters. The van der Waals surface area contributed by atoms with Crippen LogP contribution in [0.5, 0.6) is 17.2 Å². The summed E-state index contributed by atoms with van der Waals surface area (Å²) < 4.78 is 39.5. The molecule has 0 radical (unpaired) electrons. The highest BCUT2D eigenvalue weighted by Gasteiger charge is 2.28. The minimum Gasteiger partial charge on any atom is -0.496 e. The minimum absolute atomic E-state index is 0.103. The van der Waals surface area contributed by atoms with E-state index >= 15 is 0 Å². The number of methoxy groups -OCH3 is 1. The highest BCUT2D eigenvalue weighted by molar-refractivity contribution is 7.92. The van der Waals surface area contributed by atoms with Gasteiger partial charge < -0.3 is 14.4 Å². The van der Waals surface area contributed by atoms with Crippen LogP contribution in [0.25, 0.3) is 0 Å². The molecule has 1 heterocycles. The Morgan fingerprint density at radius 3 is 2.52 bits per heavy atom. The highest BCUT2D eigenvalue weighted by Crippen LogP contribution is 2.39. The zero-order valence-corrected chi connectivity index (χ0v) is 18.2. The summed E-state index contributed by atoms with van der Waals surface area (Å²) in [5, 5.41) is 0. The Bertz CT molecular complexity index is 1270. The number of carbonyl (C=O) groups excluding carboxylic acids is 1. The molecule has 1 aliphatic rings. The van der Waals surface area contributed by atoms with Crippen molar-refractivity contribution in [3.63, 3.8) is 0 Å². The molecule has 0 unspecified atom stereocenters.